The number of hydrogen-bond donors (Lipinski definition) is 0. The van der Waals surface area contributed by atoms with E-state index < -0.39 is 0 Å². The van der Waals surface area contributed by atoms with Gasteiger partial charge >= 0.3 is 0 Å². The molecule has 0 heterocycles. The molecule has 2 aromatic rings. The quantitative estimate of drug-likeness (QED) is 0.452. The van der Waals surface area contributed by atoms with Crippen LogP contribution in [0.2, 0.25) is 0 Å². The van der Waals surface area contributed by atoms with Gasteiger partial charge in [0.1, 0.15) is 12.4 Å². The van der Waals surface area contributed by atoms with E-state index in [1.165, 1.54) is 0 Å². The molecule has 2 nitrogen and oxygen atoms in total. The standard InChI is InChI=1S/C17H15ClO2/c18-12-13-20-16-9-6-14(7-10-16)8-11-17(19)15-4-2-1-3-5-15/h1-11H,12-13H2/b11-8+. The van der Waals surface area contributed by atoms with E-state index in [1.54, 1.807) is 24.3 Å². The topological polar surface area (TPSA) is 26.3 Å². The highest BCUT2D eigenvalue weighted by molar-refractivity contribution is 6.18. The van der Waals surface area contributed by atoms with Crippen LogP contribution in [-0.4, -0.2) is 18.3 Å². The van der Waals surface area contributed by atoms with Gasteiger partial charge in [0.05, 0.1) is 5.88 Å². The number of hydrogen-bond acceptors (Lipinski definition) is 2. The van der Waals surface area contributed by atoms with Gasteiger partial charge in [0.15, 0.2) is 5.78 Å². The van der Waals surface area contributed by atoms with Crippen LogP contribution >= 0.6 is 11.6 Å². The van der Waals surface area contributed by atoms with E-state index in [-0.39, 0.29) is 5.78 Å². The second-order valence-corrected chi connectivity index (χ2v) is 4.55. The summed E-state index contributed by atoms with van der Waals surface area (Å²) in [4.78, 5) is 11.9. The van der Waals surface area contributed by atoms with Crippen molar-refractivity contribution in [2.75, 3.05) is 12.5 Å². The zero-order valence-electron chi connectivity index (χ0n) is 11.0. The minimum atomic E-state index is -0.00642. The Kier molecular flexibility index (Phi) is 5.39. The number of carbonyl (C=O) groups is 1. The molecule has 0 aliphatic carbocycles. The van der Waals surface area contributed by atoms with Crippen molar-refractivity contribution in [3.05, 3.63) is 71.8 Å². The van der Waals surface area contributed by atoms with Crippen LogP contribution in [0.25, 0.3) is 6.08 Å². The summed E-state index contributed by atoms with van der Waals surface area (Å²) in [5, 5.41) is 0. The summed E-state index contributed by atoms with van der Waals surface area (Å²) >= 11 is 5.55. The summed E-state index contributed by atoms with van der Waals surface area (Å²) < 4.78 is 5.38. The first-order chi connectivity index (χ1) is 9.79. The normalized spacial score (nSPS) is 10.7. The van der Waals surface area contributed by atoms with E-state index in [4.69, 9.17) is 16.3 Å². The Hall–Kier alpha value is -2.06. The predicted octanol–water partition coefficient (Wildman–Crippen LogP) is 4.20. The Balaban J connectivity index is 1.99. The maximum absolute atomic E-state index is 11.9. The van der Waals surface area contributed by atoms with Crippen molar-refractivity contribution in [3.8, 4) is 5.75 Å². The van der Waals surface area contributed by atoms with E-state index in [0.29, 0.717) is 18.1 Å². The van der Waals surface area contributed by atoms with Gasteiger partial charge < -0.3 is 4.74 Å². The molecule has 0 aromatic heterocycles. The Bertz CT molecular complexity index is 574. The number of carbonyl (C=O) groups excluding carboxylic acids is 1. The Labute approximate surface area is 123 Å². The first-order valence-corrected chi connectivity index (χ1v) is 6.89. The third-order valence-electron chi connectivity index (χ3n) is 2.71. The molecule has 0 unspecified atom stereocenters. The fourth-order valence-electron chi connectivity index (χ4n) is 1.70. The lowest BCUT2D eigenvalue weighted by molar-refractivity contribution is 0.104. The Morgan fingerprint density at radius 2 is 1.75 bits per heavy atom. The van der Waals surface area contributed by atoms with Gasteiger partial charge in [-0.2, -0.15) is 0 Å². The fraction of sp³-hybridized carbons (Fsp3) is 0.118. The summed E-state index contributed by atoms with van der Waals surface area (Å²) in [5.74, 6) is 1.23. The smallest absolute Gasteiger partial charge is 0.185 e. The third-order valence-corrected chi connectivity index (χ3v) is 2.87. The third kappa shape index (κ3) is 4.25. The van der Waals surface area contributed by atoms with Gasteiger partial charge in [0.2, 0.25) is 0 Å². The average molecular weight is 287 g/mol. The van der Waals surface area contributed by atoms with Gasteiger partial charge in [0.25, 0.3) is 0 Å². The van der Waals surface area contributed by atoms with Gasteiger partial charge in [-0.15, -0.1) is 11.6 Å². The van der Waals surface area contributed by atoms with Gasteiger partial charge in [-0.05, 0) is 23.8 Å². The maximum Gasteiger partial charge on any atom is 0.185 e. The first-order valence-electron chi connectivity index (χ1n) is 6.36. The summed E-state index contributed by atoms with van der Waals surface area (Å²) in [6, 6.07) is 16.7. The maximum atomic E-state index is 11.9. The Morgan fingerprint density at radius 1 is 1.05 bits per heavy atom. The highest BCUT2D eigenvalue weighted by atomic mass is 35.5. The molecule has 2 aromatic carbocycles. The molecule has 0 saturated heterocycles. The van der Waals surface area contributed by atoms with Crippen LogP contribution in [0.15, 0.2) is 60.7 Å². The number of allylic oxidation sites excluding steroid dienone is 1. The minimum Gasteiger partial charge on any atom is -0.492 e. The summed E-state index contributed by atoms with van der Waals surface area (Å²) in [5.41, 5.74) is 1.64. The Morgan fingerprint density at radius 3 is 2.40 bits per heavy atom. The SMILES string of the molecule is O=C(/C=C/c1ccc(OCCCl)cc1)c1ccccc1. The lowest BCUT2D eigenvalue weighted by atomic mass is 10.1. The van der Waals surface area contributed by atoms with Crippen molar-refractivity contribution in [3.63, 3.8) is 0 Å². The van der Waals surface area contributed by atoms with E-state index in [9.17, 15) is 4.79 Å². The molecule has 0 fully saturated rings. The second-order valence-electron chi connectivity index (χ2n) is 4.17. The molecule has 102 valence electrons. The van der Waals surface area contributed by atoms with Crippen molar-refractivity contribution in [1.82, 2.24) is 0 Å². The van der Waals surface area contributed by atoms with E-state index in [2.05, 4.69) is 0 Å². The van der Waals surface area contributed by atoms with Gasteiger partial charge in [-0.25, -0.2) is 0 Å². The number of rotatable bonds is 6. The summed E-state index contributed by atoms with van der Waals surface area (Å²) in [6.07, 6.45) is 3.37. The van der Waals surface area contributed by atoms with Crippen molar-refractivity contribution in [2.45, 2.75) is 0 Å². The fourth-order valence-corrected chi connectivity index (χ4v) is 1.78. The molecule has 0 radical (unpaired) electrons. The number of alkyl halides is 1. The van der Waals surface area contributed by atoms with Crippen LogP contribution < -0.4 is 4.74 Å². The first kappa shape index (κ1) is 14.4. The molecule has 3 heteroatoms. The summed E-state index contributed by atoms with van der Waals surface area (Å²) in [6.45, 7) is 0.489. The lowest BCUT2D eigenvalue weighted by Crippen LogP contribution is -1.97. The number of benzene rings is 2. The van der Waals surface area contributed by atoms with Crippen LogP contribution in [0.1, 0.15) is 15.9 Å². The zero-order chi connectivity index (χ0) is 14.2. The van der Waals surface area contributed by atoms with Crippen LogP contribution in [0, 0.1) is 0 Å². The molecule has 0 atom stereocenters. The molecule has 0 saturated carbocycles. The largest absolute Gasteiger partial charge is 0.492 e. The zero-order valence-corrected chi connectivity index (χ0v) is 11.7. The molecule has 0 aliphatic rings. The van der Waals surface area contributed by atoms with Crippen molar-refractivity contribution < 1.29 is 9.53 Å². The van der Waals surface area contributed by atoms with Crippen LogP contribution in [0.4, 0.5) is 0 Å². The monoisotopic (exact) mass is 286 g/mol. The summed E-state index contributed by atoms with van der Waals surface area (Å²) in [7, 11) is 0. The number of halogens is 1. The van der Waals surface area contributed by atoms with Crippen molar-refractivity contribution in [1.29, 1.82) is 0 Å². The molecular formula is C17H15ClO2. The van der Waals surface area contributed by atoms with E-state index in [0.717, 1.165) is 11.3 Å². The van der Waals surface area contributed by atoms with Crippen molar-refractivity contribution in [2.24, 2.45) is 0 Å². The molecule has 0 aliphatic heterocycles. The highest BCUT2D eigenvalue weighted by Gasteiger charge is 1.99. The van der Waals surface area contributed by atoms with E-state index in [1.807, 2.05) is 42.5 Å². The molecule has 0 bridgehead atoms. The molecule has 0 N–H and O–H groups in total. The lowest BCUT2D eigenvalue weighted by Gasteiger charge is -2.03. The molecule has 0 amide bonds. The van der Waals surface area contributed by atoms with Gasteiger partial charge in [-0.3, -0.25) is 4.79 Å². The minimum absolute atomic E-state index is 0.00642. The number of ether oxygens (including phenoxy) is 1. The average Bonchev–Trinajstić information content (AvgIpc) is 2.52. The highest BCUT2D eigenvalue weighted by Crippen LogP contribution is 2.13. The van der Waals surface area contributed by atoms with E-state index >= 15 is 0 Å². The molecule has 2 rings (SSSR count). The van der Waals surface area contributed by atoms with Crippen LogP contribution in [-0.2, 0) is 0 Å². The molecule has 0 spiro atoms. The van der Waals surface area contributed by atoms with Crippen LogP contribution in [0.3, 0.4) is 0 Å². The van der Waals surface area contributed by atoms with Crippen molar-refractivity contribution >= 4 is 23.5 Å². The second kappa shape index (κ2) is 7.51. The van der Waals surface area contributed by atoms with Crippen LogP contribution in [0.5, 0.6) is 5.75 Å². The number of ketones is 1. The van der Waals surface area contributed by atoms with Gasteiger partial charge in [-0.1, -0.05) is 48.5 Å². The predicted molar refractivity (Wildman–Crippen MR) is 82.5 cm³/mol. The molecule has 20 heavy (non-hydrogen) atoms. The van der Waals surface area contributed by atoms with Gasteiger partial charge in [0, 0.05) is 5.56 Å². The molecular weight excluding hydrogens is 272 g/mol.